The van der Waals surface area contributed by atoms with Crippen molar-refractivity contribution >= 4 is 0 Å². The lowest BCUT2D eigenvalue weighted by Crippen LogP contribution is -2.36. The number of hydrogen-bond acceptors (Lipinski definition) is 3. The molecule has 0 fully saturated rings. The molecular weight excluding hydrogens is 102 g/mol. The maximum Gasteiger partial charge on any atom is 0.0451 e. The fourth-order valence-electron chi connectivity index (χ4n) is 0.603. The lowest BCUT2D eigenvalue weighted by atomic mass is 10.5. The van der Waals surface area contributed by atoms with E-state index >= 15 is 0 Å². The van der Waals surface area contributed by atoms with Crippen molar-refractivity contribution in [3.05, 3.63) is 11.9 Å². The minimum atomic E-state index is 1.23. The van der Waals surface area contributed by atoms with Gasteiger partial charge in [-0.25, -0.2) is 0 Å². The molecule has 1 N–H and O–H groups in total. The van der Waals surface area contributed by atoms with Gasteiger partial charge in [-0.2, -0.15) is 0 Å². The van der Waals surface area contributed by atoms with E-state index in [0.717, 1.165) is 0 Å². The third-order valence-corrected chi connectivity index (χ3v) is 1.42. The molecule has 1 aliphatic rings. The van der Waals surface area contributed by atoms with Crippen LogP contribution in [0.2, 0.25) is 0 Å². The van der Waals surface area contributed by atoms with Gasteiger partial charge in [-0.3, -0.25) is 5.01 Å². The first kappa shape index (κ1) is 5.44. The summed E-state index contributed by atoms with van der Waals surface area (Å²) in [5.74, 6) is 0. The van der Waals surface area contributed by atoms with E-state index in [0.29, 0.717) is 0 Å². The van der Waals surface area contributed by atoms with Gasteiger partial charge in [0, 0.05) is 26.0 Å². The van der Waals surface area contributed by atoms with Crippen molar-refractivity contribution in [2.45, 2.75) is 6.92 Å². The molecule has 0 aliphatic carbocycles. The molecule has 1 rings (SSSR count). The Balaban J connectivity index is 2.59. The first-order valence-electron chi connectivity index (χ1n) is 2.62. The third-order valence-electron chi connectivity index (χ3n) is 1.42. The van der Waals surface area contributed by atoms with Crippen molar-refractivity contribution in [1.29, 1.82) is 0 Å². The van der Waals surface area contributed by atoms with E-state index in [1.807, 2.05) is 30.4 Å². The molecular formula is C5H11N3. The normalized spacial score (nSPS) is 20.9. The molecule has 0 aromatic heterocycles. The van der Waals surface area contributed by atoms with Crippen LogP contribution < -0.4 is 5.43 Å². The van der Waals surface area contributed by atoms with E-state index in [1.54, 1.807) is 0 Å². The Hall–Kier alpha value is -0.700. The van der Waals surface area contributed by atoms with E-state index in [1.165, 1.54) is 5.70 Å². The summed E-state index contributed by atoms with van der Waals surface area (Å²) in [5.41, 5.74) is 4.25. The molecule has 0 aromatic rings. The molecule has 0 atom stereocenters. The third kappa shape index (κ3) is 0.648. The van der Waals surface area contributed by atoms with Crippen molar-refractivity contribution in [3.63, 3.8) is 0 Å². The van der Waals surface area contributed by atoms with E-state index in [2.05, 4.69) is 12.3 Å². The summed E-state index contributed by atoms with van der Waals surface area (Å²) >= 11 is 0. The van der Waals surface area contributed by atoms with Crippen LogP contribution in [-0.4, -0.2) is 24.2 Å². The van der Waals surface area contributed by atoms with Crippen LogP contribution in [0, 0.1) is 0 Å². The first-order chi connectivity index (χ1) is 3.72. The summed E-state index contributed by atoms with van der Waals surface area (Å²) < 4.78 is 0. The quantitative estimate of drug-likeness (QED) is 0.482. The zero-order chi connectivity index (χ0) is 6.15. The molecule has 0 saturated heterocycles. The molecule has 3 heteroatoms. The second kappa shape index (κ2) is 1.67. The number of allylic oxidation sites excluding steroid dienone is 1. The van der Waals surface area contributed by atoms with E-state index in [9.17, 15) is 0 Å². The second-order valence-corrected chi connectivity index (χ2v) is 1.96. The minimum absolute atomic E-state index is 1.23. The topological polar surface area (TPSA) is 18.5 Å². The molecule has 0 spiro atoms. The predicted octanol–water partition coefficient (Wildman–Crippen LogP) is 0.144. The highest BCUT2D eigenvalue weighted by Gasteiger charge is 2.09. The molecule has 3 nitrogen and oxygen atoms in total. The van der Waals surface area contributed by atoms with Gasteiger partial charge in [0.25, 0.3) is 0 Å². The largest absolute Gasteiger partial charge is 0.307 e. The van der Waals surface area contributed by atoms with Crippen molar-refractivity contribution in [2.24, 2.45) is 0 Å². The van der Waals surface area contributed by atoms with Crippen molar-refractivity contribution in [2.75, 3.05) is 14.1 Å². The average Bonchev–Trinajstić information content (AvgIpc) is 1.98. The lowest BCUT2D eigenvalue weighted by Gasteiger charge is -2.21. The summed E-state index contributed by atoms with van der Waals surface area (Å²) in [6.07, 6.45) is 1.96. The van der Waals surface area contributed by atoms with E-state index in [4.69, 9.17) is 0 Å². The fourth-order valence-corrected chi connectivity index (χ4v) is 0.603. The summed E-state index contributed by atoms with van der Waals surface area (Å²) in [5, 5.41) is 3.94. The first-order valence-corrected chi connectivity index (χ1v) is 2.62. The number of hydrogen-bond donors (Lipinski definition) is 1. The standard InChI is InChI=1S/C5H11N3/c1-5-4-6-8(3)7(5)2/h4,6H,1-3H3. The number of rotatable bonds is 0. The molecule has 0 bridgehead atoms. The van der Waals surface area contributed by atoms with Crippen LogP contribution in [0.5, 0.6) is 0 Å². The molecule has 1 heterocycles. The maximum absolute atomic E-state index is 3.02. The molecule has 0 aromatic carbocycles. The molecule has 46 valence electrons. The minimum Gasteiger partial charge on any atom is -0.307 e. The van der Waals surface area contributed by atoms with Gasteiger partial charge in [-0.15, -0.1) is 5.12 Å². The van der Waals surface area contributed by atoms with Crippen LogP contribution in [-0.2, 0) is 0 Å². The lowest BCUT2D eigenvalue weighted by molar-refractivity contribution is 0.0543. The van der Waals surface area contributed by atoms with Crippen LogP contribution in [0.3, 0.4) is 0 Å². The van der Waals surface area contributed by atoms with Crippen LogP contribution in [0.1, 0.15) is 6.92 Å². The Labute approximate surface area is 49.5 Å². The zero-order valence-corrected chi connectivity index (χ0v) is 5.47. The monoisotopic (exact) mass is 113 g/mol. The van der Waals surface area contributed by atoms with Gasteiger partial charge >= 0.3 is 0 Å². The molecule has 0 amide bonds. The van der Waals surface area contributed by atoms with Gasteiger partial charge in [0.05, 0.1) is 0 Å². The Morgan fingerprint density at radius 3 is 2.25 bits per heavy atom. The Kier molecular flexibility index (Phi) is 1.13. The number of hydrazine groups is 2. The fraction of sp³-hybridized carbons (Fsp3) is 0.600. The molecule has 8 heavy (non-hydrogen) atoms. The van der Waals surface area contributed by atoms with E-state index in [-0.39, 0.29) is 0 Å². The zero-order valence-electron chi connectivity index (χ0n) is 5.47. The summed E-state index contributed by atoms with van der Waals surface area (Å²) in [4.78, 5) is 0. The molecule has 1 aliphatic heterocycles. The van der Waals surface area contributed by atoms with Crippen molar-refractivity contribution in [1.82, 2.24) is 15.6 Å². The van der Waals surface area contributed by atoms with Crippen LogP contribution >= 0.6 is 0 Å². The highest BCUT2D eigenvalue weighted by Crippen LogP contribution is 2.04. The van der Waals surface area contributed by atoms with Gasteiger partial charge < -0.3 is 5.43 Å². The Morgan fingerprint density at radius 1 is 1.50 bits per heavy atom. The SMILES string of the molecule is CC1=CNN(C)N1C. The van der Waals surface area contributed by atoms with Crippen molar-refractivity contribution in [3.8, 4) is 0 Å². The van der Waals surface area contributed by atoms with Gasteiger partial charge in [0.1, 0.15) is 0 Å². The summed E-state index contributed by atoms with van der Waals surface area (Å²) in [6.45, 7) is 2.05. The second-order valence-electron chi connectivity index (χ2n) is 1.96. The van der Waals surface area contributed by atoms with Gasteiger partial charge in [0.15, 0.2) is 0 Å². The predicted molar refractivity (Wildman–Crippen MR) is 32.4 cm³/mol. The number of nitrogens with one attached hydrogen (secondary N) is 1. The summed E-state index contributed by atoms with van der Waals surface area (Å²) in [6, 6.07) is 0. The summed E-state index contributed by atoms with van der Waals surface area (Å²) in [7, 11) is 3.97. The Bertz CT molecular complexity index is 119. The highest BCUT2D eigenvalue weighted by atomic mass is 15.8. The average molecular weight is 113 g/mol. The van der Waals surface area contributed by atoms with Gasteiger partial charge in [0.2, 0.25) is 0 Å². The molecule has 0 saturated carbocycles. The van der Waals surface area contributed by atoms with Gasteiger partial charge in [-0.05, 0) is 6.92 Å². The van der Waals surface area contributed by atoms with Gasteiger partial charge in [-0.1, -0.05) is 0 Å². The smallest absolute Gasteiger partial charge is 0.0451 e. The van der Waals surface area contributed by atoms with Crippen LogP contribution in [0.15, 0.2) is 11.9 Å². The number of nitrogens with zero attached hydrogens (tertiary/aromatic N) is 2. The Morgan fingerprint density at radius 2 is 2.12 bits per heavy atom. The molecule has 0 unspecified atom stereocenters. The van der Waals surface area contributed by atoms with E-state index < -0.39 is 0 Å². The van der Waals surface area contributed by atoms with Crippen LogP contribution in [0.25, 0.3) is 0 Å². The molecule has 0 radical (unpaired) electrons. The highest BCUT2D eigenvalue weighted by molar-refractivity contribution is 4.96. The van der Waals surface area contributed by atoms with Crippen LogP contribution in [0.4, 0.5) is 0 Å². The van der Waals surface area contributed by atoms with Crippen molar-refractivity contribution < 1.29 is 0 Å². The maximum atomic E-state index is 3.02.